The molecule has 1 unspecified atom stereocenters. The smallest absolute Gasteiger partial charge is 0.195 e. The minimum absolute atomic E-state index is 0.316. The third-order valence-corrected chi connectivity index (χ3v) is 3.40. The molecule has 0 amide bonds. The normalized spacial score (nSPS) is 12.1. The first-order valence-corrected chi connectivity index (χ1v) is 7.03. The Morgan fingerprint density at radius 2 is 1.36 bits per heavy atom. The Hall–Kier alpha value is -2.01. The highest BCUT2D eigenvalue weighted by molar-refractivity contribution is 5.99. The van der Waals surface area contributed by atoms with Crippen LogP contribution < -0.4 is 0 Å². The van der Waals surface area contributed by atoms with E-state index in [9.17, 15) is 9.90 Å². The standard InChI is InChI=1S/C18H20O4/c1-21-11-13-3-7-15(8-4-13)17(19)18(20)16-9-5-14(6-10-16)12-22-2/h3-10,17,19H,11-12H2,1-2H3. The maximum absolute atomic E-state index is 12.3. The van der Waals surface area contributed by atoms with Gasteiger partial charge in [0.2, 0.25) is 0 Å². The van der Waals surface area contributed by atoms with Gasteiger partial charge in [-0.25, -0.2) is 0 Å². The number of carbonyl (C=O) groups is 1. The number of Topliss-reactive ketones (excluding diaryl/α,β-unsaturated/α-hetero) is 1. The number of carbonyl (C=O) groups excluding carboxylic acids is 1. The number of ketones is 1. The molecule has 0 saturated heterocycles. The van der Waals surface area contributed by atoms with Crippen LogP contribution in [-0.4, -0.2) is 25.1 Å². The van der Waals surface area contributed by atoms with Gasteiger partial charge in [0.15, 0.2) is 5.78 Å². The third kappa shape index (κ3) is 4.01. The lowest BCUT2D eigenvalue weighted by Gasteiger charge is -2.11. The Labute approximate surface area is 130 Å². The fraction of sp³-hybridized carbons (Fsp3) is 0.278. The molecule has 0 heterocycles. The maximum atomic E-state index is 12.3. The van der Waals surface area contributed by atoms with Crippen molar-refractivity contribution in [2.45, 2.75) is 19.3 Å². The van der Waals surface area contributed by atoms with Crippen LogP contribution in [0.2, 0.25) is 0 Å². The molecule has 0 aromatic heterocycles. The fourth-order valence-corrected chi connectivity index (χ4v) is 2.20. The maximum Gasteiger partial charge on any atom is 0.195 e. The average molecular weight is 300 g/mol. The summed E-state index contributed by atoms with van der Waals surface area (Å²) in [7, 11) is 3.25. The summed E-state index contributed by atoms with van der Waals surface area (Å²) in [5, 5.41) is 10.2. The highest BCUT2D eigenvalue weighted by Crippen LogP contribution is 2.20. The Bertz CT molecular complexity index is 602. The van der Waals surface area contributed by atoms with Gasteiger partial charge in [0.05, 0.1) is 13.2 Å². The molecule has 2 aromatic carbocycles. The predicted molar refractivity (Wildman–Crippen MR) is 83.6 cm³/mol. The van der Waals surface area contributed by atoms with Crippen LogP contribution in [-0.2, 0) is 22.7 Å². The van der Waals surface area contributed by atoms with Crippen LogP contribution in [0.1, 0.15) is 33.2 Å². The van der Waals surface area contributed by atoms with Gasteiger partial charge in [-0.05, 0) is 16.7 Å². The summed E-state index contributed by atoms with van der Waals surface area (Å²) in [6, 6.07) is 14.2. The largest absolute Gasteiger partial charge is 0.380 e. The van der Waals surface area contributed by atoms with Crippen LogP contribution in [0.5, 0.6) is 0 Å². The summed E-state index contributed by atoms with van der Waals surface area (Å²) in [4.78, 5) is 12.3. The summed E-state index contributed by atoms with van der Waals surface area (Å²) < 4.78 is 10.1. The van der Waals surface area contributed by atoms with Crippen LogP contribution in [0.25, 0.3) is 0 Å². The minimum atomic E-state index is -1.16. The molecule has 4 nitrogen and oxygen atoms in total. The number of benzene rings is 2. The molecule has 22 heavy (non-hydrogen) atoms. The van der Waals surface area contributed by atoms with Crippen LogP contribution >= 0.6 is 0 Å². The lowest BCUT2D eigenvalue weighted by Crippen LogP contribution is -2.12. The Kier molecular flexibility index (Phi) is 5.83. The number of methoxy groups -OCH3 is 2. The summed E-state index contributed by atoms with van der Waals surface area (Å²) in [6.07, 6.45) is -1.16. The van der Waals surface area contributed by atoms with Crippen molar-refractivity contribution in [3.8, 4) is 0 Å². The second-order valence-electron chi connectivity index (χ2n) is 5.07. The molecule has 116 valence electrons. The van der Waals surface area contributed by atoms with Crippen molar-refractivity contribution in [1.82, 2.24) is 0 Å². The van der Waals surface area contributed by atoms with Crippen molar-refractivity contribution >= 4 is 5.78 Å². The van der Waals surface area contributed by atoms with Gasteiger partial charge in [0.25, 0.3) is 0 Å². The molecular formula is C18H20O4. The van der Waals surface area contributed by atoms with Crippen LogP contribution in [0.15, 0.2) is 48.5 Å². The molecule has 0 aliphatic rings. The van der Waals surface area contributed by atoms with E-state index < -0.39 is 6.10 Å². The van der Waals surface area contributed by atoms with Crippen LogP contribution in [0.3, 0.4) is 0 Å². The third-order valence-electron chi connectivity index (χ3n) is 3.40. The van der Waals surface area contributed by atoms with Gasteiger partial charge in [0, 0.05) is 19.8 Å². The molecule has 1 N–H and O–H groups in total. The first-order chi connectivity index (χ1) is 10.7. The number of ether oxygens (including phenoxy) is 2. The second-order valence-corrected chi connectivity index (χ2v) is 5.07. The molecule has 2 aromatic rings. The molecule has 4 heteroatoms. The molecule has 1 atom stereocenters. The summed E-state index contributed by atoms with van der Waals surface area (Å²) in [5.74, 6) is -0.316. The molecule has 0 radical (unpaired) electrons. The van der Waals surface area contributed by atoms with Crippen molar-refractivity contribution in [2.75, 3.05) is 14.2 Å². The Morgan fingerprint density at radius 1 is 0.909 bits per heavy atom. The van der Waals surface area contributed by atoms with E-state index in [1.54, 1.807) is 38.5 Å². The summed E-state index contributed by atoms with van der Waals surface area (Å²) >= 11 is 0. The van der Waals surface area contributed by atoms with Crippen molar-refractivity contribution in [3.05, 3.63) is 70.8 Å². The molecule has 0 spiro atoms. The van der Waals surface area contributed by atoms with E-state index in [-0.39, 0.29) is 5.78 Å². The zero-order valence-electron chi connectivity index (χ0n) is 12.8. The van der Waals surface area contributed by atoms with Crippen LogP contribution in [0.4, 0.5) is 0 Å². The van der Waals surface area contributed by atoms with Crippen LogP contribution in [0, 0.1) is 0 Å². The summed E-state index contributed by atoms with van der Waals surface area (Å²) in [6.45, 7) is 1.00. The fourth-order valence-electron chi connectivity index (χ4n) is 2.20. The van der Waals surface area contributed by atoms with E-state index in [0.717, 1.165) is 11.1 Å². The highest BCUT2D eigenvalue weighted by Gasteiger charge is 2.19. The molecule has 0 bridgehead atoms. The lowest BCUT2D eigenvalue weighted by molar-refractivity contribution is 0.0747. The average Bonchev–Trinajstić information content (AvgIpc) is 2.55. The molecule has 0 aliphatic carbocycles. The van der Waals surface area contributed by atoms with Gasteiger partial charge in [-0.3, -0.25) is 4.79 Å². The van der Waals surface area contributed by atoms with Crippen molar-refractivity contribution in [3.63, 3.8) is 0 Å². The summed E-state index contributed by atoms with van der Waals surface area (Å²) in [5.41, 5.74) is 3.03. The molecule has 2 rings (SSSR count). The Morgan fingerprint density at radius 3 is 1.82 bits per heavy atom. The molecule has 0 aliphatic heterocycles. The number of hydrogen-bond donors (Lipinski definition) is 1. The van der Waals surface area contributed by atoms with Crippen molar-refractivity contribution < 1.29 is 19.4 Å². The first kappa shape index (κ1) is 16.4. The quantitative estimate of drug-likeness (QED) is 0.799. The number of rotatable bonds is 7. The predicted octanol–water partition coefficient (Wildman–Crippen LogP) is 2.90. The zero-order chi connectivity index (χ0) is 15.9. The zero-order valence-corrected chi connectivity index (χ0v) is 12.8. The van der Waals surface area contributed by atoms with Crippen molar-refractivity contribution in [1.29, 1.82) is 0 Å². The lowest BCUT2D eigenvalue weighted by atomic mass is 9.98. The van der Waals surface area contributed by atoms with Gasteiger partial charge in [-0.15, -0.1) is 0 Å². The van der Waals surface area contributed by atoms with E-state index in [2.05, 4.69) is 0 Å². The monoisotopic (exact) mass is 300 g/mol. The van der Waals surface area contributed by atoms with E-state index >= 15 is 0 Å². The van der Waals surface area contributed by atoms with Gasteiger partial charge in [-0.1, -0.05) is 48.5 Å². The van der Waals surface area contributed by atoms with E-state index in [1.807, 2.05) is 24.3 Å². The Balaban J connectivity index is 2.10. The van der Waals surface area contributed by atoms with Gasteiger partial charge in [0.1, 0.15) is 6.10 Å². The van der Waals surface area contributed by atoms with E-state index in [0.29, 0.717) is 24.3 Å². The van der Waals surface area contributed by atoms with E-state index in [4.69, 9.17) is 9.47 Å². The van der Waals surface area contributed by atoms with E-state index in [1.165, 1.54) is 0 Å². The molecular weight excluding hydrogens is 280 g/mol. The number of hydrogen-bond acceptors (Lipinski definition) is 4. The topological polar surface area (TPSA) is 55.8 Å². The van der Waals surface area contributed by atoms with Gasteiger partial charge >= 0.3 is 0 Å². The minimum Gasteiger partial charge on any atom is -0.380 e. The number of aliphatic hydroxyl groups is 1. The second kappa shape index (κ2) is 7.84. The van der Waals surface area contributed by atoms with Crippen molar-refractivity contribution in [2.24, 2.45) is 0 Å². The SMILES string of the molecule is COCc1ccc(C(=O)C(O)c2ccc(COC)cc2)cc1. The van der Waals surface area contributed by atoms with Gasteiger partial charge in [-0.2, -0.15) is 0 Å². The first-order valence-electron chi connectivity index (χ1n) is 7.03. The number of aliphatic hydroxyl groups excluding tert-OH is 1. The molecule has 0 saturated carbocycles. The van der Waals surface area contributed by atoms with Gasteiger partial charge < -0.3 is 14.6 Å². The molecule has 0 fully saturated rings. The highest BCUT2D eigenvalue weighted by atomic mass is 16.5.